The van der Waals surface area contributed by atoms with E-state index in [0.29, 0.717) is 17.7 Å². The summed E-state index contributed by atoms with van der Waals surface area (Å²) >= 11 is 1.58. The van der Waals surface area contributed by atoms with Crippen molar-refractivity contribution in [1.29, 1.82) is 0 Å². The van der Waals surface area contributed by atoms with E-state index in [1.165, 1.54) is 4.90 Å². The molecule has 0 fully saturated rings. The van der Waals surface area contributed by atoms with Crippen LogP contribution < -0.4 is 5.32 Å². The fourth-order valence-corrected chi connectivity index (χ4v) is 1.82. The van der Waals surface area contributed by atoms with Gasteiger partial charge in [0.1, 0.15) is 12.1 Å². The smallest absolute Gasteiger partial charge is 0.411 e. The van der Waals surface area contributed by atoms with Gasteiger partial charge in [-0.2, -0.15) is 0 Å². The Morgan fingerprint density at radius 2 is 2.00 bits per heavy atom. The zero-order chi connectivity index (χ0) is 15.8. The van der Waals surface area contributed by atoms with Crippen molar-refractivity contribution in [3.8, 4) is 0 Å². The van der Waals surface area contributed by atoms with E-state index in [4.69, 9.17) is 4.74 Å². The van der Waals surface area contributed by atoms with E-state index >= 15 is 0 Å². The molecule has 0 saturated heterocycles. The largest absolute Gasteiger partial charge is 0.444 e. The van der Waals surface area contributed by atoms with E-state index < -0.39 is 11.7 Å². The number of carbonyl (C=O) groups excluding carboxylic acids is 2. The van der Waals surface area contributed by atoms with Gasteiger partial charge >= 0.3 is 6.09 Å². The number of amides is 2. The van der Waals surface area contributed by atoms with E-state index in [1.807, 2.05) is 13.8 Å². The molecule has 6 heteroatoms. The van der Waals surface area contributed by atoms with Gasteiger partial charge in [0.15, 0.2) is 0 Å². The summed E-state index contributed by atoms with van der Waals surface area (Å²) in [5.74, 6) is 0.203. The third-order valence-corrected chi connectivity index (χ3v) is 3.12. The van der Waals surface area contributed by atoms with Crippen molar-refractivity contribution in [3.63, 3.8) is 0 Å². The second kappa shape index (κ2) is 8.89. The predicted octanol–water partition coefficient (Wildman–Crippen LogP) is 2.62. The fourth-order valence-electron chi connectivity index (χ4n) is 1.14. The molecule has 0 aliphatic rings. The first-order valence-corrected chi connectivity index (χ1v) is 7.67. The van der Waals surface area contributed by atoms with E-state index in [0.717, 1.165) is 0 Å². The molecule has 0 atom stereocenters. The second-order valence-electron chi connectivity index (χ2n) is 5.62. The van der Waals surface area contributed by atoms with Crippen LogP contribution in [-0.2, 0) is 9.53 Å². The summed E-state index contributed by atoms with van der Waals surface area (Å²) in [4.78, 5) is 25.2. The Bertz CT molecular complexity index is 338. The highest BCUT2D eigenvalue weighted by atomic mass is 32.2. The van der Waals surface area contributed by atoms with Gasteiger partial charge < -0.3 is 10.1 Å². The van der Waals surface area contributed by atoms with Crippen LogP contribution in [0.5, 0.6) is 0 Å². The Kier molecular flexibility index (Phi) is 8.37. The molecule has 116 valence electrons. The van der Waals surface area contributed by atoms with Gasteiger partial charge in [-0.3, -0.25) is 9.69 Å². The summed E-state index contributed by atoms with van der Waals surface area (Å²) in [6.07, 6.45) is 1.12. The van der Waals surface area contributed by atoms with Crippen LogP contribution in [0.2, 0.25) is 0 Å². The van der Waals surface area contributed by atoms with Gasteiger partial charge in [0.25, 0.3) is 0 Å². The number of nitrogens with zero attached hydrogens (tertiary/aromatic N) is 1. The highest BCUT2D eigenvalue weighted by Gasteiger charge is 2.24. The molecule has 5 nitrogen and oxygen atoms in total. The van der Waals surface area contributed by atoms with E-state index in [9.17, 15) is 9.59 Å². The molecule has 0 aliphatic carbocycles. The molecule has 1 N–H and O–H groups in total. The van der Waals surface area contributed by atoms with Crippen molar-refractivity contribution in [2.24, 2.45) is 0 Å². The van der Waals surface area contributed by atoms with Gasteiger partial charge in [0, 0.05) is 11.8 Å². The Labute approximate surface area is 126 Å². The molecule has 0 aromatic rings. The molecule has 0 aliphatic heterocycles. The molecule has 20 heavy (non-hydrogen) atoms. The maximum atomic E-state index is 12.1. The van der Waals surface area contributed by atoms with Gasteiger partial charge in [-0.25, -0.2) is 4.79 Å². The van der Waals surface area contributed by atoms with Gasteiger partial charge in [0.05, 0.1) is 5.88 Å². The topological polar surface area (TPSA) is 58.6 Å². The molecule has 0 aromatic heterocycles. The summed E-state index contributed by atoms with van der Waals surface area (Å²) in [6.45, 7) is 13.4. The molecule has 0 saturated carbocycles. The summed E-state index contributed by atoms with van der Waals surface area (Å²) in [6, 6.07) is 0. The van der Waals surface area contributed by atoms with Crippen molar-refractivity contribution in [1.82, 2.24) is 10.2 Å². The van der Waals surface area contributed by atoms with Crippen molar-refractivity contribution in [2.45, 2.75) is 45.5 Å². The zero-order valence-corrected chi connectivity index (χ0v) is 13.9. The predicted molar refractivity (Wildman–Crippen MR) is 83.7 cm³/mol. The number of nitrogens with one attached hydrogen (secondary N) is 1. The van der Waals surface area contributed by atoms with Crippen LogP contribution in [0, 0.1) is 0 Å². The summed E-state index contributed by atoms with van der Waals surface area (Å²) in [5, 5.41) is 3.02. The number of ether oxygens (including phenoxy) is 1. The SMILES string of the molecule is C=CCNC(=O)CN(CSC(C)C)C(=O)OC(C)(C)C. The number of carbonyl (C=O) groups is 2. The maximum absolute atomic E-state index is 12.1. The minimum absolute atomic E-state index is 0.0114. The Balaban J connectivity index is 4.58. The first-order valence-electron chi connectivity index (χ1n) is 6.63. The first-order chi connectivity index (χ1) is 9.15. The molecular formula is C14H26N2O3S. The van der Waals surface area contributed by atoms with E-state index in [1.54, 1.807) is 38.6 Å². The lowest BCUT2D eigenvalue weighted by molar-refractivity contribution is -0.121. The molecule has 0 aromatic carbocycles. The fraction of sp³-hybridized carbons (Fsp3) is 0.714. The number of rotatable bonds is 7. The van der Waals surface area contributed by atoms with Crippen molar-refractivity contribution in [2.75, 3.05) is 19.0 Å². The molecule has 0 heterocycles. The van der Waals surface area contributed by atoms with Crippen molar-refractivity contribution >= 4 is 23.8 Å². The normalized spacial score (nSPS) is 11.1. The second-order valence-corrected chi connectivity index (χ2v) is 7.15. The highest BCUT2D eigenvalue weighted by molar-refractivity contribution is 7.99. The third-order valence-electron chi connectivity index (χ3n) is 1.99. The van der Waals surface area contributed by atoms with Crippen LogP contribution in [0.25, 0.3) is 0 Å². The Hall–Kier alpha value is -1.17. The highest BCUT2D eigenvalue weighted by Crippen LogP contribution is 2.15. The van der Waals surface area contributed by atoms with Crippen LogP contribution in [0.1, 0.15) is 34.6 Å². The standard InChI is InChI=1S/C14H26N2O3S/c1-7-8-15-12(17)9-16(10-20-11(2)3)13(18)19-14(4,5)6/h7,11H,1,8-10H2,2-6H3,(H,15,17). The molecule has 0 unspecified atom stereocenters. The molecule has 0 rings (SSSR count). The lowest BCUT2D eigenvalue weighted by Gasteiger charge is -2.27. The van der Waals surface area contributed by atoms with Gasteiger partial charge in [-0.05, 0) is 20.8 Å². The third kappa shape index (κ3) is 9.72. The van der Waals surface area contributed by atoms with Gasteiger partial charge in [-0.15, -0.1) is 18.3 Å². The summed E-state index contributed by atoms with van der Waals surface area (Å²) in [5.41, 5.74) is -0.574. The zero-order valence-electron chi connectivity index (χ0n) is 13.1. The Morgan fingerprint density at radius 1 is 1.40 bits per heavy atom. The summed E-state index contributed by atoms with van der Waals surface area (Å²) in [7, 11) is 0. The van der Waals surface area contributed by atoms with Crippen LogP contribution in [-0.4, -0.2) is 46.7 Å². The lowest BCUT2D eigenvalue weighted by Crippen LogP contribution is -2.43. The minimum Gasteiger partial charge on any atom is -0.444 e. The van der Waals surface area contributed by atoms with Crippen LogP contribution in [0.4, 0.5) is 4.79 Å². The van der Waals surface area contributed by atoms with Crippen molar-refractivity contribution in [3.05, 3.63) is 12.7 Å². The van der Waals surface area contributed by atoms with Crippen molar-refractivity contribution < 1.29 is 14.3 Å². The molecule has 0 radical (unpaired) electrons. The van der Waals surface area contributed by atoms with Gasteiger partial charge in [0.2, 0.25) is 5.91 Å². The van der Waals surface area contributed by atoms with E-state index in [-0.39, 0.29) is 12.5 Å². The average Bonchev–Trinajstić information content (AvgIpc) is 2.29. The monoisotopic (exact) mass is 302 g/mol. The number of hydrogen-bond donors (Lipinski definition) is 1. The average molecular weight is 302 g/mol. The molecule has 0 spiro atoms. The quantitative estimate of drug-likeness (QED) is 0.580. The van der Waals surface area contributed by atoms with E-state index in [2.05, 4.69) is 11.9 Å². The van der Waals surface area contributed by atoms with Gasteiger partial charge in [-0.1, -0.05) is 19.9 Å². The van der Waals surface area contributed by atoms with Crippen LogP contribution in [0.3, 0.4) is 0 Å². The lowest BCUT2D eigenvalue weighted by atomic mass is 10.2. The minimum atomic E-state index is -0.574. The molecule has 2 amide bonds. The number of hydrogen-bond acceptors (Lipinski definition) is 4. The van der Waals surface area contributed by atoms with Crippen LogP contribution in [0.15, 0.2) is 12.7 Å². The van der Waals surface area contributed by atoms with Crippen LogP contribution >= 0.6 is 11.8 Å². The molecular weight excluding hydrogens is 276 g/mol. The number of thioether (sulfide) groups is 1. The summed E-state index contributed by atoms with van der Waals surface area (Å²) < 4.78 is 5.31. The molecule has 0 bridgehead atoms. The maximum Gasteiger partial charge on any atom is 0.411 e. The Morgan fingerprint density at radius 3 is 2.45 bits per heavy atom. The first kappa shape index (κ1) is 18.8.